The molecule has 1 aromatic heterocycles. The van der Waals surface area contributed by atoms with E-state index < -0.39 is 0 Å². The van der Waals surface area contributed by atoms with Crippen LogP contribution in [0.2, 0.25) is 0 Å². The monoisotopic (exact) mass is 622 g/mol. The Kier molecular flexibility index (Phi) is 12.3. The zero-order valence-electron chi connectivity index (χ0n) is 27.8. The largest absolute Gasteiger partial charge is 0.366 e. The van der Waals surface area contributed by atoms with E-state index in [-0.39, 0.29) is 11.3 Å². The first-order valence-electron chi connectivity index (χ1n) is 18.0. The lowest BCUT2D eigenvalue weighted by molar-refractivity contribution is 0.0998. The number of carbonyl (C=O) groups is 1. The molecule has 1 aliphatic rings. The van der Waals surface area contributed by atoms with Gasteiger partial charge in [-0.25, -0.2) is 4.98 Å². The Morgan fingerprint density at radius 2 is 1.29 bits per heavy atom. The van der Waals surface area contributed by atoms with Crippen LogP contribution in [-0.2, 0) is 5.41 Å². The van der Waals surface area contributed by atoms with E-state index in [1.54, 1.807) is 11.3 Å². The number of thiazole rings is 1. The maximum absolute atomic E-state index is 13.0. The van der Waals surface area contributed by atoms with Crippen LogP contribution >= 0.6 is 11.3 Å². The summed E-state index contributed by atoms with van der Waals surface area (Å²) in [5.74, 6) is -0.303. The van der Waals surface area contributed by atoms with Gasteiger partial charge < -0.3 is 5.73 Å². The van der Waals surface area contributed by atoms with Crippen LogP contribution < -0.4 is 5.73 Å². The minimum Gasteiger partial charge on any atom is -0.366 e. The molecule has 4 heteroatoms. The number of rotatable bonds is 20. The van der Waals surface area contributed by atoms with E-state index in [2.05, 4.69) is 62.4 Å². The van der Waals surface area contributed by atoms with E-state index in [4.69, 9.17) is 10.7 Å². The van der Waals surface area contributed by atoms with Crippen molar-refractivity contribution in [1.29, 1.82) is 0 Å². The summed E-state index contributed by atoms with van der Waals surface area (Å²) in [5, 5.41) is 1.07. The van der Waals surface area contributed by atoms with Crippen LogP contribution in [0.3, 0.4) is 0 Å². The quantitative estimate of drug-likeness (QED) is 0.0997. The number of para-hydroxylation sites is 1. The molecule has 3 aromatic carbocycles. The van der Waals surface area contributed by atoms with Crippen molar-refractivity contribution in [3.63, 3.8) is 0 Å². The third kappa shape index (κ3) is 7.88. The number of fused-ring (bicyclic) bond motifs is 4. The number of hydrogen-bond acceptors (Lipinski definition) is 3. The van der Waals surface area contributed by atoms with Crippen molar-refractivity contribution in [2.45, 2.75) is 135 Å². The first kappa shape index (κ1) is 33.4. The van der Waals surface area contributed by atoms with Gasteiger partial charge in [0.05, 0.1) is 10.2 Å². The van der Waals surface area contributed by atoms with Crippen molar-refractivity contribution in [3.8, 4) is 21.7 Å². The molecule has 1 heterocycles. The van der Waals surface area contributed by atoms with Gasteiger partial charge in [0.1, 0.15) is 5.01 Å². The van der Waals surface area contributed by atoms with Gasteiger partial charge in [0.15, 0.2) is 0 Å². The zero-order chi connectivity index (χ0) is 31.5. The van der Waals surface area contributed by atoms with Gasteiger partial charge in [-0.05, 0) is 59.4 Å². The Balaban J connectivity index is 1.47. The van der Waals surface area contributed by atoms with Gasteiger partial charge in [-0.1, -0.05) is 153 Å². The Bertz CT molecular complexity index is 1480. The highest BCUT2D eigenvalue weighted by atomic mass is 32.1. The van der Waals surface area contributed by atoms with E-state index in [1.807, 2.05) is 12.1 Å². The molecule has 0 unspecified atom stereocenters. The molecule has 1 amide bonds. The standard InChI is InChI=1S/C41H54N2OS/c1-3-5-7-9-11-13-15-19-28-41(29-20-16-14-12-10-8-6-4-2)35-30-31(40-43-36-24-17-18-25-37(36)45-40)26-27-32(35)33-22-21-23-34(38(33)41)39(42)44/h17-18,21-27,30H,3-16,19-20,28-29H2,1-2H3,(H2,42,44). The molecular formula is C41H54N2OS. The van der Waals surface area contributed by atoms with Crippen LogP contribution in [0.25, 0.3) is 31.9 Å². The number of primary amides is 1. The molecule has 3 nitrogen and oxygen atoms in total. The van der Waals surface area contributed by atoms with Crippen LogP contribution in [0.15, 0.2) is 60.7 Å². The first-order chi connectivity index (χ1) is 22.1. The summed E-state index contributed by atoms with van der Waals surface area (Å²) in [4.78, 5) is 18.0. The smallest absolute Gasteiger partial charge is 0.249 e. The molecule has 0 bridgehead atoms. The van der Waals surface area contributed by atoms with Crippen molar-refractivity contribution in [1.82, 2.24) is 4.98 Å². The molecule has 0 atom stereocenters. The summed E-state index contributed by atoms with van der Waals surface area (Å²) < 4.78 is 1.22. The molecule has 2 N–H and O–H groups in total. The van der Waals surface area contributed by atoms with Crippen LogP contribution in [0.5, 0.6) is 0 Å². The summed E-state index contributed by atoms with van der Waals surface area (Å²) in [6.07, 6.45) is 22.9. The number of carbonyl (C=O) groups excluding carboxylic acids is 1. The second-order valence-electron chi connectivity index (χ2n) is 13.4. The highest BCUT2D eigenvalue weighted by molar-refractivity contribution is 7.21. The van der Waals surface area contributed by atoms with Crippen LogP contribution in [-0.4, -0.2) is 10.9 Å². The Morgan fingerprint density at radius 3 is 1.89 bits per heavy atom. The summed E-state index contributed by atoms with van der Waals surface area (Å²) in [6.45, 7) is 4.57. The minimum atomic E-state index is -0.303. The highest BCUT2D eigenvalue weighted by Gasteiger charge is 2.44. The number of unbranched alkanes of at least 4 members (excludes halogenated alkanes) is 14. The van der Waals surface area contributed by atoms with Gasteiger partial charge in [-0.3, -0.25) is 4.79 Å². The van der Waals surface area contributed by atoms with Gasteiger partial charge in [0.2, 0.25) is 5.91 Å². The Labute approximate surface area is 276 Å². The van der Waals surface area contributed by atoms with Gasteiger partial charge in [-0.2, -0.15) is 0 Å². The van der Waals surface area contributed by atoms with Gasteiger partial charge >= 0.3 is 0 Å². The fourth-order valence-corrected chi connectivity index (χ4v) is 8.66. The lowest BCUT2D eigenvalue weighted by atomic mass is 9.69. The summed E-state index contributed by atoms with van der Waals surface area (Å²) in [7, 11) is 0. The number of benzene rings is 3. The number of hydrogen-bond donors (Lipinski definition) is 1. The van der Waals surface area contributed by atoms with Crippen molar-refractivity contribution in [2.75, 3.05) is 0 Å². The lowest BCUT2D eigenvalue weighted by Gasteiger charge is -2.34. The second kappa shape index (κ2) is 16.5. The van der Waals surface area contributed by atoms with Gasteiger partial charge in [0.25, 0.3) is 0 Å². The Morgan fingerprint density at radius 1 is 0.689 bits per heavy atom. The molecule has 240 valence electrons. The molecule has 0 saturated carbocycles. The molecule has 0 aliphatic heterocycles. The maximum Gasteiger partial charge on any atom is 0.249 e. The van der Waals surface area contributed by atoms with Crippen molar-refractivity contribution in [2.24, 2.45) is 5.73 Å². The van der Waals surface area contributed by atoms with E-state index in [0.29, 0.717) is 5.56 Å². The van der Waals surface area contributed by atoms with E-state index >= 15 is 0 Å². The molecule has 0 saturated heterocycles. The molecule has 1 aliphatic carbocycles. The first-order valence-corrected chi connectivity index (χ1v) is 18.8. The molecule has 4 aromatic rings. The van der Waals surface area contributed by atoms with Gasteiger partial charge in [0, 0.05) is 16.5 Å². The topological polar surface area (TPSA) is 56.0 Å². The minimum absolute atomic E-state index is 0.201. The fourth-order valence-electron chi connectivity index (χ4n) is 7.70. The van der Waals surface area contributed by atoms with Crippen LogP contribution in [0.1, 0.15) is 151 Å². The summed E-state index contributed by atoms with van der Waals surface area (Å²) in [5.41, 5.74) is 13.9. The normalized spacial score (nSPS) is 13.3. The maximum atomic E-state index is 13.0. The SMILES string of the molecule is CCCCCCCCCCC1(CCCCCCCCCC)c2cc(-c3nc4ccccc4s3)ccc2-c2cccc(C(N)=O)c21. The zero-order valence-corrected chi connectivity index (χ0v) is 28.7. The van der Waals surface area contributed by atoms with Crippen molar-refractivity contribution >= 4 is 27.5 Å². The lowest BCUT2D eigenvalue weighted by Crippen LogP contribution is -2.29. The predicted molar refractivity (Wildman–Crippen MR) is 194 cm³/mol. The van der Waals surface area contributed by atoms with E-state index in [9.17, 15) is 4.79 Å². The number of nitrogens with two attached hydrogens (primary N) is 1. The molecule has 0 fully saturated rings. The summed E-state index contributed by atoms with van der Waals surface area (Å²) in [6, 6.07) is 21.6. The van der Waals surface area contributed by atoms with E-state index in [0.717, 1.165) is 23.4 Å². The van der Waals surface area contributed by atoms with E-state index in [1.165, 1.54) is 135 Å². The fraction of sp³-hybridized carbons (Fsp3) is 0.512. The molecule has 45 heavy (non-hydrogen) atoms. The molecule has 0 radical (unpaired) electrons. The number of amides is 1. The second-order valence-corrected chi connectivity index (χ2v) is 14.4. The van der Waals surface area contributed by atoms with Crippen molar-refractivity contribution in [3.05, 3.63) is 77.4 Å². The van der Waals surface area contributed by atoms with Crippen molar-refractivity contribution < 1.29 is 4.79 Å². The number of aromatic nitrogens is 1. The van der Waals surface area contributed by atoms with Crippen LogP contribution in [0, 0.1) is 0 Å². The van der Waals surface area contributed by atoms with Gasteiger partial charge in [-0.15, -0.1) is 11.3 Å². The molecule has 0 spiro atoms. The molecular weight excluding hydrogens is 569 g/mol. The summed E-state index contributed by atoms with van der Waals surface area (Å²) >= 11 is 1.77. The highest BCUT2D eigenvalue weighted by Crippen LogP contribution is 2.56. The predicted octanol–water partition coefficient (Wildman–Crippen LogP) is 12.4. The third-order valence-corrected chi connectivity index (χ3v) is 11.2. The number of nitrogens with zero attached hydrogens (tertiary/aromatic N) is 1. The Hall–Kier alpha value is -2.98. The average molecular weight is 623 g/mol. The molecule has 5 rings (SSSR count). The average Bonchev–Trinajstić information content (AvgIpc) is 3.61. The third-order valence-electron chi connectivity index (χ3n) is 10.1. The van der Waals surface area contributed by atoms with Crippen LogP contribution in [0.4, 0.5) is 0 Å².